The Bertz CT molecular complexity index is 550. The Morgan fingerprint density at radius 3 is 2.33 bits per heavy atom. The third-order valence-corrected chi connectivity index (χ3v) is 2.79. The molecule has 0 aliphatic carbocycles. The molecule has 0 saturated heterocycles. The zero-order valence-electron chi connectivity index (χ0n) is 10.2. The molecule has 0 amide bonds. The molecule has 0 aliphatic heterocycles. The molecule has 1 N–H and O–H groups in total. The van der Waals surface area contributed by atoms with Crippen LogP contribution in [0.15, 0.2) is 24.3 Å². The fraction of sp³-hybridized carbons (Fsp3) is 0.231. The molecule has 1 aromatic heterocycles. The van der Waals surface area contributed by atoms with E-state index in [0.717, 1.165) is 23.6 Å². The lowest BCUT2D eigenvalue weighted by Gasteiger charge is -2.08. The van der Waals surface area contributed by atoms with E-state index in [-0.39, 0.29) is 0 Å². The molecular weight excluding hydrogens is 269 g/mol. The third-order valence-electron chi connectivity index (χ3n) is 2.35. The van der Waals surface area contributed by atoms with Gasteiger partial charge in [-0.2, -0.15) is 0 Å². The summed E-state index contributed by atoms with van der Waals surface area (Å²) in [6.07, 6.45) is 0. The maximum atomic E-state index is 6.00. The summed E-state index contributed by atoms with van der Waals surface area (Å²) < 4.78 is 0. The maximum absolute atomic E-state index is 6.00. The second kappa shape index (κ2) is 5.55. The van der Waals surface area contributed by atoms with Gasteiger partial charge in [-0.25, -0.2) is 9.97 Å². The molecule has 94 valence electrons. The first-order valence-corrected chi connectivity index (χ1v) is 6.40. The Labute approximate surface area is 116 Å². The van der Waals surface area contributed by atoms with Crippen LogP contribution in [0.3, 0.4) is 0 Å². The number of nitrogens with one attached hydrogen (secondary N) is 1. The zero-order chi connectivity index (χ0) is 13.1. The van der Waals surface area contributed by atoms with Crippen LogP contribution in [0.2, 0.25) is 10.0 Å². The van der Waals surface area contributed by atoms with Gasteiger partial charge in [-0.3, -0.25) is 0 Å². The normalized spacial score (nSPS) is 10.4. The largest absolute Gasteiger partial charge is 0.370 e. The molecule has 2 aromatic rings. The van der Waals surface area contributed by atoms with Crippen molar-refractivity contribution in [2.75, 3.05) is 11.9 Å². The molecule has 1 heterocycles. The minimum atomic E-state index is 0.596. The molecular formula is C13H13Cl2N3. The second-order valence-electron chi connectivity index (χ2n) is 3.87. The standard InChI is InChI=1S/C13H13Cl2N3/c1-3-16-13-7-12(17-8(2)18-13)9-4-10(14)6-11(15)5-9/h4-7H,3H2,1-2H3,(H,16,17,18). The molecule has 0 radical (unpaired) electrons. The SMILES string of the molecule is CCNc1cc(-c2cc(Cl)cc(Cl)c2)nc(C)n1. The number of aryl methyl sites for hydroxylation is 1. The highest BCUT2D eigenvalue weighted by atomic mass is 35.5. The fourth-order valence-electron chi connectivity index (χ4n) is 1.69. The van der Waals surface area contributed by atoms with Gasteiger partial charge in [-0.05, 0) is 32.0 Å². The van der Waals surface area contributed by atoms with E-state index in [4.69, 9.17) is 23.2 Å². The van der Waals surface area contributed by atoms with E-state index in [1.807, 2.05) is 32.0 Å². The van der Waals surface area contributed by atoms with Crippen molar-refractivity contribution in [3.8, 4) is 11.3 Å². The molecule has 0 fully saturated rings. The van der Waals surface area contributed by atoms with Gasteiger partial charge in [-0.1, -0.05) is 23.2 Å². The summed E-state index contributed by atoms with van der Waals surface area (Å²) >= 11 is 12.0. The lowest BCUT2D eigenvalue weighted by atomic mass is 10.1. The average molecular weight is 282 g/mol. The Morgan fingerprint density at radius 2 is 1.72 bits per heavy atom. The fourth-order valence-corrected chi connectivity index (χ4v) is 2.22. The van der Waals surface area contributed by atoms with E-state index in [2.05, 4.69) is 15.3 Å². The Balaban J connectivity index is 2.49. The van der Waals surface area contributed by atoms with E-state index < -0.39 is 0 Å². The van der Waals surface area contributed by atoms with Crippen molar-refractivity contribution in [1.82, 2.24) is 9.97 Å². The van der Waals surface area contributed by atoms with Crippen LogP contribution in [0.1, 0.15) is 12.7 Å². The molecule has 0 unspecified atom stereocenters. The van der Waals surface area contributed by atoms with Crippen molar-refractivity contribution in [3.63, 3.8) is 0 Å². The quantitative estimate of drug-likeness (QED) is 0.917. The van der Waals surface area contributed by atoms with Gasteiger partial charge in [0.1, 0.15) is 11.6 Å². The van der Waals surface area contributed by atoms with Gasteiger partial charge in [0.05, 0.1) is 5.69 Å². The number of hydrogen-bond acceptors (Lipinski definition) is 3. The number of halogens is 2. The van der Waals surface area contributed by atoms with Gasteiger partial charge < -0.3 is 5.32 Å². The number of rotatable bonds is 3. The Kier molecular flexibility index (Phi) is 4.04. The topological polar surface area (TPSA) is 37.8 Å². The Morgan fingerprint density at radius 1 is 1.06 bits per heavy atom. The van der Waals surface area contributed by atoms with Crippen LogP contribution in [0.25, 0.3) is 11.3 Å². The first-order valence-electron chi connectivity index (χ1n) is 5.64. The average Bonchev–Trinajstić information content (AvgIpc) is 2.27. The van der Waals surface area contributed by atoms with E-state index in [1.165, 1.54) is 0 Å². The molecule has 18 heavy (non-hydrogen) atoms. The maximum Gasteiger partial charge on any atom is 0.130 e. The second-order valence-corrected chi connectivity index (χ2v) is 4.75. The molecule has 0 bridgehead atoms. The van der Waals surface area contributed by atoms with Crippen LogP contribution in [0.5, 0.6) is 0 Å². The Hall–Kier alpha value is -1.32. The molecule has 1 aromatic carbocycles. The first kappa shape index (κ1) is 13.1. The highest BCUT2D eigenvalue weighted by Gasteiger charge is 2.06. The summed E-state index contributed by atoms with van der Waals surface area (Å²) in [7, 11) is 0. The number of aromatic nitrogens is 2. The van der Waals surface area contributed by atoms with Gasteiger partial charge in [-0.15, -0.1) is 0 Å². The van der Waals surface area contributed by atoms with Crippen LogP contribution >= 0.6 is 23.2 Å². The first-order chi connectivity index (χ1) is 8.58. The monoisotopic (exact) mass is 281 g/mol. The highest BCUT2D eigenvalue weighted by molar-refractivity contribution is 6.35. The smallest absolute Gasteiger partial charge is 0.130 e. The highest BCUT2D eigenvalue weighted by Crippen LogP contribution is 2.27. The zero-order valence-corrected chi connectivity index (χ0v) is 11.7. The third kappa shape index (κ3) is 3.12. The van der Waals surface area contributed by atoms with E-state index in [1.54, 1.807) is 6.07 Å². The number of nitrogens with zero attached hydrogens (tertiary/aromatic N) is 2. The summed E-state index contributed by atoms with van der Waals surface area (Å²) in [6.45, 7) is 4.69. The predicted octanol–water partition coefficient (Wildman–Crippen LogP) is 4.19. The number of hydrogen-bond donors (Lipinski definition) is 1. The van der Waals surface area contributed by atoms with Crippen molar-refractivity contribution in [3.05, 3.63) is 40.1 Å². The minimum absolute atomic E-state index is 0.596. The van der Waals surface area contributed by atoms with Crippen molar-refractivity contribution >= 4 is 29.0 Å². The predicted molar refractivity (Wildman–Crippen MR) is 76.4 cm³/mol. The number of anilines is 1. The molecule has 0 atom stereocenters. The van der Waals surface area contributed by atoms with Crippen molar-refractivity contribution in [2.24, 2.45) is 0 Å². The van der Waals surface area contributed by atoms with Gasteiger partial charge in [0, 0.05) is 28.2 Å². The molecule has 5 heteroatoms. The van der Waals surface area contributed by atoms with Gasteiger partial charge in [0.25, 0.3) is 0 Å². The molecule has 2 rings (SSSR count). The van der Waals surface area contributed by atoms with Crippen LogP contribution < -0.4 is 5.32 Å². The lowest BCUT2D eigenvalue weighted by molar-refractivity contribution is 1.04. The summed E-state index contributed by atoms with van der Waals surface area (Å²) in [6, 6.07) is 7.26. The molecule has 3 nitrogen and oxygen atoms in total. The van der Waals surface area contributed by atoms with Gasteiger partial charge >= 0.3 is 0 Å². The molecule has 0 aliphatic rings. The van der Waals surface area contributed by atoms with E-state index in [0.29, 0.717) is 15.9 Å². The summed E-state index contributed by atoms with van der Waals surface area (Å²) in [5.74, 6) is 1.51. The minimum Gasteiger partial charge on any atom is -0.370 e. The summed E-state index contributed by atoms with van der Waals surface area (Å²) in [5.41, 5.74) is 1.69. The van der Waals surface area contributed by atoms with Crippen molar-refractivity contribution in [1.29, 1.82) is 0 Å². The van der Waals surface area contributed by atoms with Crippen molar-refractivity contribution < 1.29 is 0 Å². The van der Waals surface area contributed by atoms with Crippen molar-refractivity contribution in [2.45, 2.75) is 13.8 Å². The lowest BCUT2D eigenvalue weighted by Crippen LogP contribution is -2.02. The molecule has 0 saturated carbocycles. The van der Waals surface area contributed by atoms with Gasteiger partial charge in [0.15, 0.2) is 0 Å². The summed E-state index contributed by atoms with van der Waals surface area (Å²) in [5, 5.41) is 4.36. The van der Waals surface area contributed by atoms with Crippen LogP contribution in [0.4, 0.5) is 5.82 Å². The molecule has 0 spiro atoms. The number of benzene rings is 1. The van der Waals surface area contributed by atoms with Crippen LogP contribution in [0, 0.1) is 6.92 Å². The van der Waals surface area contributed by atoms with E-state index >= 15 is 0 Å². The van der Waals surface area contributed by atoms with E-state index in [9.17, 15) is 0 Å². The van der Waals surface area contributed by atoms with Crippen LogP contribution in [-0.4, -0.2) is 16.5 Å². The van der Waals surface area contributed by atoms with Crippen LogP contribution in [-0.2, 0) is 0 Å². The van der Waals surface area contributed by atoms with Gasteiger partial charge in [0.2, 0.25) is 0 Å². The summed E-state index contributed by atoms with van der Waals surface area (Å²) in [4.78, 5) is 8.71.